The Balaban J connectivity index is 2.18. The van der Waals surface area contributed by atoms with Gasteiger partial charge in [0.25, 0.3) is 0 Å². The number of benzene rings is 1. The molecule has 1 saturated heterocycles. The van der Waals surface area contributed by atoms with Crippen LogP contribution >= 0.6 is 23.2 Å². The smallest absolute Gasteiger partial charge is 0.329 e. The van der Waals surface area contributed by atoms with Crippen molar-refractivity contribution in [3.05, 3.63) is 28.2 Å². The van der Waals surface area contributed by atoms with E-state index < -0.39 is 22.0 Å². The molecule has 1 unspecified atom stereocenters. The van der Waals surface area contributed by atoms with Crippen LogP contribution in [0.2, 0.25) is 10.0 Å². The number of ether oxygens (including phenoxy) is 1. The average molecular weight is 338 g/mol. The maximum atomic E-state index is 12.1. The summed E-state index contributed by atoms with van der Waals surface area (Å²) in [5, 5.41) is 0.398. The van der Waals surface area contributed by atoms with E-state index in [2.05, 4.69) is 0 Å². The van der Waals surface area contributed by atoms with Gasteiger partial charge < -0.3 is 4.74 Å². The Morgan fingerprint density at radius 1 is 1.40 bits per heavy atom. The largest absolute Gasteiger partial charge is 0.424 e. The van der Waals surface area contributed by atoms with Gasteiger partial charge in [0.05, 0.1) is 11.3 Å². The molecule has 1 fully saturated rings. The Labute approximate surface area is 127 Å². The minimum absolute atomic E-state index is 0.129. The Hall–Kier alpha value is -0.820. The normalized spacial score (nSPS) is 20.1. The van der Waals surface area contributed by atoms with Crippen LogP contribution in [0, 0.1) is 0 Å². The summed E-state index contributed by atoms with van der Waals surface area (Å²) in [6.45, 7) is 0.321. The summed E-state index contributed by atoms with van der Waals surface area (Å²) in [6, 6.07) is 3.87. The number of carbonyl (C=O) groups excluding carboxylic acids is 1. The lowest BCUT2D eigenvalue weighted by molar-refractivity contribution is -0.137. The second-order valence-electron chi connectivity index (χ2n) is 4.50. The summed E-state index contributed by atoms with van der Waals surface area (Å²) in [5.41, 5.74) is 0. The molecule has 20 heavy (non-hydrogen) atoms. The van der Waals surface area contributed by atoms with Gasteiger partial charge in [-0.15, -0.1) is 0 Å². The molecule has 2 rings (SSSR count). The lowest BCUT2D eigenvalue weighted by Gasteiger charge is -2.20. The number of halogens is 2. The van der Waals surface area contributed by atoms with Gasteiger partial charge in [-0.25, -0.2) is 13.2 Å². The molecule has 1 heterocycles. The van der Waals surface area contributed by atoms with Gasteiger partial charge in [-0.3, -0.25) is 0 Å². The number of rotatable bonds is 3. The van der Waals surface area contributed by atoms with Crippen LogP contribution in [0.4, 0.5) is 0 Å². The van der Waals surface area contributed by atoms with Gasteiger partial charge in [0.15, 0.2) is 5.75 Å². The lowest BCUT2D eigenvalue weighted by atomic mass is 10.2. The lowest BCUT2D eigenvalue weighted by Crippen LogP contribution is -2.41. The molecule has 1 aromatic carbocycles. The highest BCUT2D eigenvalue weighted by Crippen LogP contribution is 2.32. The van der Waals surface area contributed by atoms with Crippen molar-refractivity contribution < 1.29 is 17.9 Å². The van der Waals surface area contributed by atoms with E-state index >= 15 is 0 Å². The maximum Gasteiger partial charge on any atom is 0.329 e. The molecule has 1 aliphatic heterocycles. The summed E-state index contributed by atoms with van der Waals surface area (Å²) in [4.78, 5) is 12.1. The third-order valence-corrected chi connectivity index (χ3v) is 5.12. The van der Waals surface area contributed by atoms with E-state index in [9.17, 15) is 13.2 Å². The third-order valence-electron chi connectivity index (χ3n) is 3.03. The Morgan fingerprint density at radius 2 is 2.10 bits per heavy atom. The molecule has 0 bridgehead atoms. The second-order valence-corrected chi connectivity index (χ2v) is 7.23. The summed E-state index contributed by atoms with van der Waals surface area (Å²) in [7, 11) is -3.43. The fraction of sp³-hybridized carbons (Fsp3) is 0.417. The Kier molecular flexibility index (Phi) is 4.59. The zero-order chi connectivity index (χ0) is 14.9. The van der Waals surface area contributed by atoms with Gasteiger partial charge in [-0.05, 0) is 25.0 Å². The molecule has 0 N–H and O–H groups in total. The van der Waals surface area contributed by atoms with Crippen molar-refractivity contribution in [2.45, 2.75) is 18.9 Å². The quantitative estimate of drug-likeness (QED) is 0.627. The molecule has 1 aliphatic rings. The highest BCUT2D eigenvalue weighted by molar-refractivity contribution is 7.88. The molecule has 0 amide bonds. The Morgan fingerprint density at radius 3 is 2.75 bits per heavy atom. The van der Waals surface area contributed by atoms with E-state index in [4.69, 9.17) is 27.9 Å². The monoisotopic (exact) mass is 337 g/mol. The Bertz CT molecular complexity index is 632. The number of carbonyl (C=O) groups is 1. The molecule has 110 valence electrons. The SMILES string of the molecule is CS(=O)(=O)N1CCCC1C(=O)Oc1cccc(Cl)c1Cl. The first kappa shape index (κ1) is 15.6. The number of sulfonamides is 1. The molecule has 8 heteroatoms. The van der Waals surface area contributed by atoms with Gasteiger partial charge >= 0.3 is 5.97 Å². The summed E-state index contributed by atoms with van der Waals surface area (Å²) in [6.07, 6.45) is 2.13. The molecular formula is C12H13Cl2NO4S. The van der Waals surface area contributed by atoms with E-state index in [0.717, 1.165) is 10.6 Å². The number of nitrogens with zero attached hydrogens (tertiary/aromatic N) is 1. The molecule has 1 atom stereocenters. The first-order valence-corrected chi connectivity index (χ1v) is 8.53. The molecule has 0 aliphatic carbocycles. The van der Waals surface area contributed by atoms with Crippen LogP contribution in [-0.2, 0) is 14.8 Å². The van der Waals surface area contributed by atoms with E-state index in [-0.39, 0.29) is 15.8 Å². The van der Waals surface area contributed by atoms with Crippen LogP contribution in [0.15, 0.2) is 18.2 Å². The van der Waals surface area contributed by atoms with E-state index in [0.29, 0.717) is 19.4 Å². The summed E-state index contributed by atoms with van der Waals surface area (Å²) < 4.78 is 29.5. The van der Waals surface area contributed by atoms with Gasteiger partial charge in [0.1, 0.15) is 11.1 Å². The standard InChI is InChI=1S/C12H13Cl2NO4S/c1-20(17,18)15-7-3-5-9(15)12(16)19-10-6-2-4-8(13)11(10)14/h2,4,6,9H,3,5,7H2,1H3. The van der Waals surface area contributed by atoms with Crippen molar-refractivity contribution in [3.63, 3.8) is 0 Å². The van der Waals surface area contributed by atoms with Crippen molar-refractivity contribution in [2.24, 2.45) is 0 Å². The molecule has 0 saturated carbocycles. The van der Waals surface area contributed by atoms with Crippen molar-refractivity contribution >= 4 is 39.2 Å². The topological polar surface area (TPSA) is 63.7 Å². The molecule has 0 radical (unpaired) electrons. The van der Waals surface area contributed by atoms with Gasteiger partial charge in [-0.2, -0.15) is 4.31 Å². The van der Waals surface area contributed by atoms with E-state index in [1.807, 2.05) is 0 Å². The van der Waals surface area contributed by atoms with Crippen LogP contribution in [0.25, 0.3) is 0 Å². The van der Waals surface area contributed by atoms with E-state index in [1.54, 1.807) is 12.1 Å². The van der Waals surface area contributed by atoms with Crippen molar-refractivity contribution in [1.29, 1.82) is 0 Å². The number of esters is 1. The minimum atomic E-state index is -3.43. The van der Waals surface area contributed by atoms with E-state index in [1.165, 1.54) is 6.07 Å². The molecule has 1 aromatic rings. The zero-order valence-electron chi connectivity index (χ0n) is 10.7. The highest BCUT2D eigenvalue weighted by atomic mass is 35.5. The maximum absolute atomic E-state index is 12.1. The van der Waals surface area contributed by atoms with Crippen molar-refractivity contribution in [3.8, 4) is 5.75 Å². The van der Waals surface area contributed by atoms with Crippen LogP contribution < -0.4 is 4.74 Å². The predicted molar refractivity (Wildman–Crippen MR) is 76.7 cm³/mol. The second kappa shape index (κ2) is 5.89. The van der Waals surface area contributed by atoms with Gasteiger partial charge in [-0.1, -0.05) is 29.3 Å². The van der Waals surface area contributed by atoms with Crippen molar-refractivity contribution in [1.82, 2.24) is 4.31 Å². The average Bonchev–Trinajstić information content (AvgIpc) is 2.84. The molecule has 0 spiro atoms. The zero-order valence-corrected chi connectivity index (χ0v) is 13.0. The van der Waals surface area contributed by atoms with Crippen molar-refractivity contribution in [2.75, 3.05) is 12.8 Å². The van der Waals surface area contributed by atoms with Gasteiger partial charge in [0.2, 0.25) is 10.0 Å². The first-order valence-electron chi connectivity index (χ1n) is 5.93. The summed E-state index contributed by atoms with van der Waals surface area (Å²) >= 11 is 11.8. The summed E-state index contributed by atoms with van der Waals surface area (Å²) in [5.74, 6) is -0.512. The van der Waals surface area contributed by atoms with Crippen LogP contribution in [0.5, 0.6) is 5.75 Å². The molecular weight excluding hydrogens is 325 g/mol. The fourth-order valence-electron chi connectivity index (χ4n) is 2.11. The number of hydrogen-bond acceptors (Lipinski definition) is 4. The third kappa shape index (κ3) is 3.25. The highest BCUT2D eigenvalue weighted by Gasteiger charge is 2.38. The minimum Gasteiger partial charge on any atom is -0.424 e. The molecule has 0 aromatic heterocycles. The fourth-order valence-corrected chi connectivity index (χ4v) is 3.56. The molecule has 5 nitrogen and oxygen atoms in total. The van der Waals surface area contributed by atoms with Crippen LogP contribution in [0.1, 0.15) is 12.8 Å². The number of hydrogen-bond donors (Lipinski definition) is 0. The predicted octanol–water partition coefficient (Wildman–Crippen LogP) is 2.32. The van der Waals surface area contributed by atoms with Crippen LogP contribution in [0.3, 0.4) is 0 Å². The van der Waals surface area contributed by atoms with Crippen LogP contribution in [-0.4, -0.2) is 37.5 Å². The first-order chi connectivity index (χ1) is 9.30. The van der Waals surface area contributed by atoms with Gasteiger partial charge in [0, 0.05) is 6.54 Å².